The van der Waals surface area contributed by atoms with Crippen LogP contribution in [-0.2, 0) is 14.3 Å². The molecule has 0 aliphatic rings. The van der Waals surface area contributed by atoms with Crippen LogP contribution in [0.3, 0.4) is 0 Å². The van der Waals surface area contributed by atoms with Crippen LogP contribution in [0, 0.1) is 6.92 Å². The lowest BCUT2D eigenvalue weighted by Crippen LogP contribution is -2.58. The van der Waals surface area contributed by atoms with Crippen molar-refractivity contribution in [2.75, 3.05) is 6.54 Å². The van der Waals surface area contributed by atoms with Crippen molar-refractivity contribution in [1.82, 2.24) is 15.5 Å². The second-order valence-electron chi connectivity index (χ2n) is 10.5. The highest BCUT2D eigenvalue weighted by Gasteiger charge is 2.42. The van der Waals surface area contributed by atoms with Gasteiger partial charge < -0.3 is 20.3 Å². The van der Waals surface area contributed by atoms with Crippen LogP contribution in [0.5, 0.6) is 0 Å². The first-order chi connectivity index (χ1) is 15.7. The van der Waals surface area contributed by atoms with Gasteiger partial charge in [0.15, 0.2) is 0 Å². The van der Waals surface area contributed by atoms with Gasteiger partial charge in [0.2, 0.25) is 11.8 Å². The number of nitrogens with zero attached hydrogens (tertiary/aromatic N) is 1. The number of aryl methyl sites for hydroxylation is 1. The van der Waals surface area contributed by atoms with Crippen LogP contribution >= 0.6 is 0 Å². The molecule has 2 atom stereocenters. The highest BCUT2D eigenvalue weighted by Crippen LogP contribution is 2.33. The summed E-state index contributed by atoms with van der Waals surface area (Å²) in [5.74, 6) is -0.556. The van der Waals surface area contributed by atoms with Crippen LogP contribution in [0.2, 0.25) is 0 Å². The fraction of sp³-hybridized carbons (Fsp3) is 0.667. The Labute approximate surface area is 206 Å². The number of ether oxygens (including phenoxy) is 1. The second-order valence-corrected chi connectivity index (χ2v) is 10.5. The van der Waals surface area contributed by atoms with Gasteiger partial charge in [0.05, 0.1) is 0 Å². The van der Waals surface area contributed by atoms with Crippen molar-refractivity contribution in [1.29, 1.82) is 0 Å². The summed E-state index contributed by atoms with van der Waals surface area (Å²) in [6.07, 6.45) is 2.92. The van der Waals surface area contributed by atoms with Gasteiger partial charge >= 0.3 is 6.09 Å². The summed E-state index contributed by atoms with van der Waals surface area (Å²) >= 11 is 0. The number of nitrogens with one attached hydrogen (secondary N) is 2. The molecule has 0 aromatic heterocycles. The smallest absolute Gasteiger partial charge is 0.408 e. The molecule has 3 amide bonds. The molecule has 0 fully saturated rings. The molecule has 7 nitrogen and oxygen atoms in total. The molecule has 2 unspecified atom stereocenters. The maximum atomic E-state index is 13.8. The zero-order chi connectivity index (χ0) is 26.1. The van der Waals surface area contributed by atoms with E-state index in [1.54, 1.807) is 32.6 Å². The summed E-state index contributed by atoms with van der Waals surface area (Å²) in [4.78, 5) is 41.4. The zero-order valence-corrected chi connectivity index (χ0v) is 22.6. The third-order valence-corrected chi connectivity index (χ3v) is 5.93. The van der Waals surface area contributed by atoms with Gasteiger partial charge in [-0.1, -0.05) is 51.0 Å². The van der Waals surface area contributed by atoms with E-state index in [9.17, 15) is 14.4 Å². The maximum absolute atomic E-state index is 13.8. The van der Waals surface area contributed by atoms with E-state index in [0.29, 0.717) is 13.0 Å². The molecular formula is C27H45N3O4. The Morgan fingerprint density at radius 1 is 1.03 bits per heavy atom. The molecule has 0 bridgehead atoms. The average Bonchev–Trinajstić information content (AvgIpc) is 2.73. The molecule has 0 aliphatic carbocycles. The molecule has 0 spiro atoms. The van der Waals surface area contributed by atoms with Gasteiger partial charge in [0.25, 0.3) is 0 Å². The standard InChI is InChI=1S/C27H45N3O4/c1-10-12-15-18-28-23(31)22(21-17-14-13-16-19(21)3)30(27(8,9)11-2)24(32)20(4)29-25(33)34-26(5,6)7/h13-14,16-17,20,22H,10-12,15,18H2,1-9H3,(H,28,31)(H,29,33). The maximum Gasteiger partial charge on any atom is 0.408 e. The van der Waals surface area contributed by atoms with Gasteiger partial charge in [-0.3, -0.25) is 9.59 Å². The lowest BCUT2D eigenvalue weighted by Gasteiger charge is -2.44. The van der Waals surface area contributed by atoms with Gasteiger partial charge in [-0.25, -0.2) is 4.79 Å². The summed E-state index contributed by atoms with van der Waals surface area (Å²) in [6.45, 7) is 17.4. The number of carbonyl (C=O) groups is 3. The number of alkyl carbamates (subject to hydrolysis) is 1. The first-order valence-corrected chi connectivity index (χ1v) is 12.4. The highest BCUT2D eigenvalue weighted by atomic mass is 16.6. The van der Waals surface area contributed by atoms with Crippen LogP contribution in [0.25, 0.3) is 0 Å². The number of amides is 3. The summed E-state index contributed by atoms with van der Waals surface area (Å²) in [5, 5.41) is 5.69. The van der Waals surface area contributed by atoms with Gasteiger partial charge in [0.1, 0.15) is 17.7 Å². The molecule has 1 rings (SSSR count). The number of hydrogen-bond donors (Lipinski definition) is 2. The largest absolute Gasteiger partial charge is 0.444 e. The molecule has 192 valence electrons. The Hall–Kier alpha value is -2.57. The molecule has 1 aromatic carbocycles. The molecule has 1 aromatic rings. The van der Waals surface area contributed by atoms with E-state index in [2.05, 4.69) is 17.6 Å². The summed E-state index contributed by atoms with van der Waals surface area (Å²) in [7, 11) is 0. The monoisotopic (exact) mass is 475 g/mol. The molecule has 0 heterocycles. The van der Waals surface area contributed by atoms with E-state index in [-0.39, 0.29) is 11.8 Å². The van der Waals surface area contributed by atoms with Crippen molar-refractivity contribution in [3.8, 4) is 0 Å². The van der Waals surface area contributed by atoms with Crippen molar-refractivity contribution >= 4 is 17.9 Å². The Bertz CT molecular complexity index is 829. The van der Waals surface area contributed by atoms with Crippen LogP contribution in [0.4, 0.5) is 4.79 Å². The Balaban J connectivity index is 3.40. The Morgan fingerprint density at radius 2 is 1.65 bits per heavy atom. The minimum absolute atomic E-state index is 0.218. The number of hydrogen-bond acceptors (Lipinski definition) is 4. The second kappa shape index (κ2) is 12.8. The van der Waals surface area contributed by atoms with Gasteiger partial charge in [-0.05, 0) is 72.4 Å². The third kappa shape index (κ3) is 8.65. The van der Waals surface area contributed by atoms with Crippen molar-refractivity contribution in [2.24, 2.45) is 0 Å². The number of unbranched alkanes of at least 4 members (excludes halogenated alkanes) is 2. The Morgan fingerprint density at radius 3 is 2.18 bits per heavy atom. The van der Waals surface area contributed by atoms with E-state index in [1.807, 2.05) is 52.0 Å². The minimum Gasteiger partial charge on any atom is -0.444 e. The molecule has 2 N–H and O–H groups in total. The molecule has 0 radical (unpaired) electrons. The van der Waals surface area contributed by atoms with E-state index < -0.39 is 29.3 Å². The van der Waals surface area contributed by atoms with Crippen molar-refractivity contribution < 1.29 is 19.1 Å². The summed E-state index contributed by atoms with van der Waals surface area (Å²) < 4.78 is 5.34. The number of rotatable bonds is 11. The third-order valence-electron chi connectivity index (χ3n) is 5.93. The highest BCUT2D eigenvalue weighted by molar-refractivity contribution is 5.92. The number of carbonyl (C=O) groups excluding carboxylic acids is 3. The van der Waals surface area contributed by atoms with Crippen LogP contribution < -0.4 is 10.6 Å². The van der Waals surface area contributed by atoms with Crippen LogP contribution in [0.1, 0.15) is 98.2 Å². The fourth-order valence-corrected chi connectivity index (χ4v) is 3.67. The fourth-order valence-electron chi connectivity index (χ4n) is 3.67. The van der Waals surface area contributed by atoms with E-state index in [0.717, 1.165) is 30.4 Å². The van der Waals surface area contributed by atoms with Crippen LogP contribution in [0.15, 0.2) is 24.3 Å². The predicted octanol–water partition coefficient (Wildman–Crippen LogP) is 5.27. The lowest BCUT2D eigenvalue weighted by molar-refractivity contribution is -0.149. The predicted molar refractivity (Wildman–Crippen MR) is 137 cm³/mol. The van der Waals surface area contributed by atoms with Crippen molar-refractivity contribution in [2.45, 2.75) is 111 Å². The van der Waals surface area contributed by atoms with Gasteiger partial charge in [-0.2, -0.15) is 0 Å². The van der Waals surface area contributed by atoms with Crippen molar-refractivity contribution in [3.05, 3.63) is 35.4 Å². The average molecular weight is 476 g/mol. The molecule has 7 heteroatoms. The van der Waals surface area contributed by atoms with Crippen LogP contribution in [-0.4, -0.2) is 46.5 Å². The normalized spacial score (nSPS) is 13.6. The molecule has 0 saturated carbocycles. The topological polar surface area (TPSA) is 87.7 Å². The number of benzene rings is 1. The van der Waals surface area contributed by atoms with E-state index in [4.69, 9.17) is 4.74 Å². The Kier molecular flexibility index (Phi) is 11.1. The first-order valence-electron chi connectivity index (χ1n) is 12.4. The molecular weight excluding hydrogens is 430 g/mol. The van der Waals surface area contributed by atoms with E-state index >= 15 is 0 Å². The quantitative estimate of drug-likeness (QED) is 0.427. The molecule has 0 aliphatic heterocycles. The first kappa shape index (κ1) is 29.5. The zero-order valence-electron chi connectivity index (χ0n) is 22.6. The molecule has 34 heavy (non-hydrogen) atoms. The summed E-state index contributed by atoms with van der Waals surface area (Å²) in [6, 6.07) is 5.93. The lowest BCUT2D eigenvalue weighted by atomic mass is 9.90. The summed E-state index contributed by atoms with van der Waals surface area (Å²) in [5.41, 5.74) is 0.370. The minimum atomic E-state index is -0.875. The molecule has 0 saturated heterocycles. The van der Waals surface area contributed by atoms with Gasteiger partial charge in [-0.15, -0.1) is 0 Å². The van der Waals surface area contributed by atoms with Crippen molar-refractivity contribution in [3.63, 3.8) is 0 Å². The van der Waals surface area contributed by atoms with E-state index in [1.165, 1.54) is 0 Å². The SMILES string of the molecule is CCCCCNC(=O)C(c1ccccc1C)N(C(=O)C(C)NC(=O)OC(C)(C)C)C(C)(C)CC. The van der Waals surface area contributed by atoms with Gasteiger partial charge in [0, 0.05) is 12.1 Å².